The quantitative estimate of drug-likeness (QED) is 0.493. The third-order valence-electron chi connectivity index (χ3n) is 1.48. The van der Waals surface area contributed by atoms with Gasteiger partial charge in [0.25, 0.3) is 0 Å². The molecule has 11 heavy (non-hydrogen) atoms. The van der Waals surface area contributed by atoms with Crippen LogP contribution in [0.15, 0.2) is 0 Å². The molecule has 0 spiro atoms. The highest BCUT2D eigenvalue weighted by atomic mass is 16.7. The molecule has 1 rings (SSSR count). The summed E-state index contributed by atoms with van der Waals surface area (Å²) in [5, 5.41) is 0. The van der Waals surface area contributed by atoms with E-state index in [1.807, 2.05) is 13.8 Å². The highest BCUT2D eigenvalue weighted by molar-refractivity contribution is 4.99. The molecule has 0 saturated carbocycles. The molecule has 2 nitrogen and oxygen atoms in total. The molecule has 0 radical (unpaired) electrons. The maximum absolute atomic E-state index is 5.43. The average Bonchev–Trinajstić information content (AvgIpc) is 2.00. The molecule has 1 aliphatic rings. The van der Waals surface area contributed by atoms with Crippen LogP contribution in [-0.2, 0) is 9.47 Å². The van der Waals surface area contributed by atoms with Crippen molar-refractivity contribution >= 4 is 0 Å². The molecule has 0 N–H and O–H groups in total. The lowest BCUT2D eigenvalue weighted by molar-refractivity contribution is -0.210. The molecule has 0 bridgehead atoms. The Bertz CT molecular complexity index is 158. The molecule has 2 heteroatoms. The zero-order chi connectivity index (χ0) is 8.16. The number of ether oxygens (including phenoxy) is 2. The SMILES string of the molecule is CC1(C)OCCC#CCCO1. The molecule has 0 amide bonds. The molecule has 0 atom stereocenters. The largest absolute Gasteiger partial charge is 0.350 e. The first-order valence-electron chi connectivity index (χ1n) is 3.94. The third-order valence-corrected chi connectivity index (χ3v) is 1.48. The summed E-state index contributed by atoms with van der Waals surface area (Å²) in [6.07, 6.45) is 1.62. The lowest BCUT2D eigenvalue weighted by Crippen LogP contribution is -2.28. The molecule has 1 heterocycles. The second-order valence-corrected chi connectivity index (χ2v) is 2.95. The van der Waals surface area contributed by atoms with Gasteiger partial charge in [0.15, 0.2) is 5.79 Å². The smallest absolute Gasteiger partial charge is 0.162 e. The van der Waals surface area contributed by atoms with Crippen LogP contribution < -0.4 is 0 Å². The second-order valence-electron chi connectivity index (χ2n) is 2.95. The van der Waals surface area contributed by atoms with Crippen molar-refractivity contribution in [2.75, 3.05) is 13.2 Å². The van der Waals surface area contributed by atoms with E-state index in [9.17, 15) is 0 Å². The Hall–Kier alpha value is -0.520. The first-order chi connectivity index (χ1) is 5.21. The predicted molar refractivity (Wildman–Crippen MR) is 43.0 cm³/mol. The van der Waals surface area contributed by atoms with Crippen molar-refractivity contribution in [1.29, 1.82) is 0 Å². The van der Waals surface area contributed by atoms with Crippen molar-refractivity contribution in [3.63, 3.8) is 0 Å². The van der Waals surface area contributed by atoms with E-state index in [1.54, 1.807) is 0 Å². The van der Waals surface area contributed by atoms with Gasteiger partial charge in [0.1, 0.15) is 0 Å². The van der Waals surface area contributed by atoms with E-state index in [0.29, 0.717) is 13.2 Å². The van der Waals surface area contributed by atoms with Crippen molar-refractivity contribution in [1.82, 2.24) is 0 Å². The normalized spacial score (nSPS) is 23.8. The molecule has 0 aliphatic carbocycles. The zero-order valence-corrected chi connectivity index (χ0v) is 7.14. The fraction of sp³-hybridized carbons (Fsp3) is 0.778. The van der Waals surface area contributed by atoms with Gasteiger partial charge in [-0.25, -0.2) is 0 Å². The van der Waals surface area contributed by atoms with Crippen LogP contribution in [0.5, 0.6) is 0 Å². The summed E-state index contributed by atoms with van der Waals surface area (Å²) in [6.45, 7) is 5.19. The van der Waals surface area contributed by atoms with Crippen molar-refractivity contribution in [3.8, 4) is 11.8 Å². The number of rotatable bonds is 0. The van der Waals surface area contributed by atoms with Gasteiger partial charge in [0.05, 0.1) is 13.2 Å². The fourth-order valence-corrected chi connectivity index (χ4v) is 0.914. The summed E-state index contributed by atoms with van der Waals surface area (Å²) >= 11 is 0. The molecular weight excluding hydrogens is 140 g/mol. The molecular formula is C9H14O2. The Labute approximate surface area is 67.9 Å². The van der Waals surface area contributed by atoms with E-state index in [0.717, 1.165) is 12.8 Å². The van der Waals surface area contributed by atoms with Crippen LogP contribution in [0.25, 0.3) is 0 Å². The molecule has 0 fully saturated rings. The Morgan fingerprint density at radius 3 is 1.91 bits per heavy atom. The molecule has 0 aromatic rings. The van der Waals surface area contributed by atoms with Gasteiger partial charge in [-0.05, 0) is 13.8 Å². The van der Waals surface area contributed by atoms with E-state index in [1.165, 1.54) is 0 Å². The predicted octanol–water partition coefficient (Wildman–Crippen LogP) is 1.55. The summed E-state index contributed by atoms with van der Waals surface area (Å²) in [5.41, 5.74) is 0. The van der Waals surface area contributed by atoms with Gasteiger partial charge in [0, 0.05) is 12.8 Å². The zero-order valence-electron chi connectivity index (χ0n) is 7.14. The molecule has 62 valence electrons. The van der Waals surface area contributed by atoms with E-state index < -0.39 is 5.79 Å². The molecule has 0 aromatic carbocycles. The van der Waals surface area contributed by atoms with E-state index in [-0.39, 0.29) is 0 Å². The summed E-state index contributed by atoms with van der Waals surface area (Å²) in [6, 6.07) is 0. The van der Waals surface area contributed by atoms with Gasteiger partial charge in [0.2, 0.25) is 0 Å². The van der Waals surface area contributed by atoms with Gasteiger partial charge in [-0.3, -0.25) is 0 Å². The minimum Gasteiger partial charge on any atom is -0.350 e. The van der Waals surface area contributed by atoms with Crippen molar-refractivity contribution in [3.05, 3.63) is 0 Å². The topological polar surface area (TPSA) is 18.5 Å². The minimum absolute atomic E-state index is 0.437. The van der Waals surface area contributed by atoms with Gasteiger partial charge in [-0.15, -0.1) is 11.8 Å². The van der Waals surface area contributed by atoms with Crippen molar-refractivity contribution in [2.24, 2.45) is 0 Å². The van der Waals surface area contributed by atoms with Crippen LogP contribution in [0.3, 0.4) is 0 Å². The molecule has 1 aliphatic heterocycles. The standard InChI is InChI=1S/C9H14O2/c1-9(2)10-7-5-3-4-6-8-11-9/h5-8H2,1-2H3. The summed E-state index contributed by atoms with van der Waals surface area (Å²) in [4.78, 5) is 0. The first-order valence-corrected chi connectivity index (χ1v) is 3.94. The van der Waals surface area contributed by atoms with E-state index in [4.69, 9.17) is 9.47 Å². The average molecular weight is 154 g/mol. The van der Waals surface area contributed by atoms with Crippen molar-refractivity contribution < 1.29 is 9.47 Å². The van der Waals surface area contributed by atoms with Crippen LogP contribution in [0, 0.1) is 11.8 Å². The van der Waals surface area contributed by atoms with E-state index >= 15 is 0 Å². The molecule has 0 unspecified atom stereocenters. The van der Waals surface area contributed by atoms with Gasteiger partial charge in [-0.2, -0.15) is 0 Å². The number of hydrogen-bond donors (Lipinski definition) is 0. The first kappa shape index (κ1) is 8.58. The van der Waals surface area contributed by atoms with Crippen LogP contribution in [-0.4, -0.2) is 19.0 Å². The molecule has 0 saturated heterocycles. The van der Waals surface area contributed by atoms with Gasteiger partial charge in [-0.1, -0.05) is 0 Å². The Morgan fingerprint density at radius 2 is 1.45 bits per heavy atom. The number of hydrogen-bond acceptors (Lipinski definition) is 2. The lowest BCUT2D eigenvalue weighted by Gasteiger charge is -2.24. The maximum atomic E-state index is 5.43. The summed E-state index contributed by atoms with van der Waals surface area (Å²) in [5.74, 6) is 5.58. The Morgan fingerprint density at radius 1 is 1.00 bits per heavy atom. The van der Waals surface area contributed by atoms with Gasteiger partial charge < -0.3 is 9.47 Å². The lowest BCUT2D eigenvalue weighted by atomic mass is 10.4. The monoisotopic (exact) mass is 154 g/mol. The van der Waals surface area contributed by atoms with Crippen LogP contribution in [0.4, 0.5) is 0 Å². The van der Waals surface area contributed by atoms with Crippen LogP contribution in [0.2, 0.25) is 0 Å². The highest BCUT2D eigenvalue weighted by Gasteiger charge is 2.17. The minimum atomic E-state index is -0.437. The fourth-order valence-electron chi connectivity index (χ4n) is 0.914. The summed E-state index contributed by atoms with van der Waals surface area (Å²) in [7, 11) is 0. The Balaban J connectivity index is 2.41. The van der Waals surface area contributed by atoms with E-state index in [2.05, 4.69) is 11.8 Å². The third kappa shape index (κ3) is 3.41. The highest BCUT2D eigenvalue weighted by Crippen LogP contribution is 2.12. The van der Waals surface area contributed by atoms with Crippen molar-refractivity contribution in [2.45, 2.75) is 32.5 Å². The maximum Gasteiger partial charge on any atom is 0.162 e. The van der Waals surface area contributed by atoms with Crippen LogP contribution >= 0.6 is 0 Å². The summed E-state index contributed by atoms with van der Waals surface area (Å²) < 4.78 is 10.9. The molecule has 0 aromatic heterocycles. The van der Waals surface area contributed by atoms with Gasteiger partial charge >= 0.3 is 0 Å². The Kier molecular flexibility index (Phi) is 2.92. The van der Waals surface area contributed by atoms with Crippen LogP contribution in [0.1, 0.15) is 26.7 Å². The second kappa shape index (κ2) is 3.75.